The molecule has 0 bridgehead atoms. The van der Waals surface area contributed by atoms with Crippen molar-refractivity contribution in [3.63, 3.8) is 0 Å². The Kier molecular flexibility index (Phi) is 7.68. The Morgan fingerprint density at radius 2 is 1.36 bits per heavy atom. The van der Waals surface area contributed by atoms with Crippen molar-refractivity contribution in [3.05, 3.63) is 0 Å². The van der Waals surface area contributed by atoms with Crippen LogP contribution < -0.4 is 0 Å². The molecule has 3 nitrogen and oxygen atoms in total. The van der Waals surface area contributed by atoms with E-state index in [2.05, 4.69) is 0 Å². The third kappa shape index (κ3) is 17.9. The quantitative estimate of drug-likeness (QED) is 0.480. The van der Waals surface area contributed by atoms with Crippen molar-refractivity contribution in [2.24, 2.45) is 0 Å². The second-order valence-corrected chi connectivity index (χ2v) is 4.19. The highest BCUT2D eigenvalue weighted by Gasteiger charge is 2.28. The van der Waals surface area contributed by atoms with E-state index in [1.165, 1.54) is 13.8 Å². The fourth-order valence-corrected chi connectivity index (χ4v) is 0. The Morgan fingerprint density at radius 1 is 1.27 bits per heavy atom. The fourth-order valence-electron chi connectivity index (χ4n) is 0. The molecule has 0 fully saturated rings. The summed E-state index contributed by atoms with van der Waals surface area (Å²) in [6.45, 7) is 3.06. The summed E-state index contributed by atoms with van der Waals surface area (Å²) in [5.74, 6) is 0.167. The van der Waals surface area contributed by atoms with Crippen LogP contribution >= 0.6 is 34.8 Å². The molecule has 0 aliphatic carbocycles. The second-order valence-electron chi connectivity index (χ2n) is 1.82. The number of aliphatic hydroxyl groups is 2. The first-order valence-corrected chi connectivity index (χ1v) is 3.71. The van der Waals surface area contributed by atoms with E-state index in [0.717, 1.165) is 0 Å². The number of hydrogen-bond donors (Lipinski definition) is 2. The van der Waals surface area contributed by atoms with Gasteiger partial charge in [-0.25, -0.2) is 0 Å². The van der Waals surface area contributed by atoms with Gasteiger partial charge in [0.25, 0.3) is 0 Å². The molecule has 11 heavy (non-hydrogen) atoms. The van der Waals surface area contributed by atoms with E-state index >= 15 is 0 Å². The van der Waals surface area contributed by atoms with Crippen LogP contribution in [0.5, 0.6) is 0 Å². The Morgan fingerprint density at radius 3 is 1.36 bits per heavy atom. The molecule has 0 saturated heterocycles. The standard InChI is InChI=1S/C3H6O.C2H3Cl3O2/c1-3(2)4;3-2(4,5)1(6)7/h1-2H3;1,6-7H. The number of Topliss-reactive ketones (excluding diaryl/α,β-unsaturated/α-hetero) is 1. The summed E-state index contributed by atoms with van der Waals surface area (Å²) in [4.78, 5) is 9.44. The highest BCUT2D eigenvalue weighted by atomic mass is 35.6. The minimum Gasteiger partial charge on any atom is -0.365 e. The third-order valence-corrected chi connectivity index (χ3v) is 0.878. The zero-order valence-corrected chi connectivity index (χ0v) is 8.28. The predicted octanol–water partition coefficient (Wildman–Crippen LogP) is 1.26. The van der Waals surface area contributed by atoms with Crippen molar-refractivity contribution in [1.29, 1.82) is 0 Å². The molecule has 0 heterocycles. The molecule has 0 rings (SSSR count). The number of carbonyl (C=O) groups is 1. The monoisotopic (exact) mass is 222 g/mol. The molecule has 0 aromatic rings. The molecule has 2 N–H and O–H groups in total. The van der Waals surface area contributed by atoms with Gasteiger partial charge in [-0.05, 0) is 13.8 Å². The van der Waals surface area contributed by atoms with E-state index < -0.39 is 10.1 Å². The fraction of sp³-hybridized carbons (Fsp3) is 0.800. The topological polar surface area (TPSA) is 57.5 Å². The molecule has 0 unspecified atom stereocenters. The van der Waals surface area contributed by atoms with Crippen LogP contribution in [0.1, 0.15) is 13.8 Å². The Balaban J connectivity index is 0. The summed E-state index contributed by atoms with van der Waals surface area (Å²) >= 11 is 14.7. The molecule has 0 aromatic heterocycles. The van der Waals surface area contributed by atoms with Crippen LogP contribution in [0.2, 0.25) is 0 Å². The van der Waals surface area contributed by atoms with Gasteiger partial charge in [-0.2, -0.15) is 0 Å². The van der Waals surface area contributed by atoms with Gasteiger partial charge in [-0.3, -0.25) is 0 Å². The molecule has 0 spiro atoms. The van der Waals surface area contributed by atoms with Crippen LogP contribution in [0.25, 0.3) is 0 Å². The number of alkyl halides is 3. The number of hydrogen-bond acceptors (Lipinski definition) is 3. The Bertz CT molecular complexity index is 115. The minimum atomic E-state index is -1.97. The van der Waals surface area contributed by atoms with E-state index in [-0.39, 0.29) is 5.78 Å². The molecule has 0 saturated carbocycles. The summed E-state index contributed by atoms with van der Waals surface area (Å²) in [6, 6.07) is 0. The lowest BCUT2D eigenvalue weighted by molar-refractivity contribution is -0.115. The summed E-state index contributed by atoms with van der Waals surface area (Å²) in [5, 5.41) is 16.1. The van der Waals surface area contributed by atoms with Gasteiger partial charge in [0.1, 0.15) is 5.78 Å². The molecule has 0 radical (unpaired) electrons. The van der Waals surface area contributed by atoms with E-state index in [1.54, 1.807) is 0 Å². The maximum Gasteiger partial charge on any atom is 0.240 e. The van der Waals surface area contributed by atoms with Crippen molar-refractivity contribution >= 4 is 40.6 Å². The lowest BCUT2D eigenvalue weighted by Crippen LogP contribution is -2.23. The van der Waals surface area contributed by atoms with Crippen LogP contribution in [0, 0.1) is 0 Å². The van der Waals surface area contributed by atoms with Gasteiger partial charge in [0.05, 0.1) is 0 Å². The molecule has 0 atom stereocenters. The Labute approximate surface area is 79.9 Å². The summed E-state index contributed by atoms with van der Waals surface area (Å²) < 4.78 is -1.97. The lowest BCUT2D eigenvalue weighted by Gasteiger charge is -2.10. The van der Waals surface area contributed by atoms with Gasteiger partial charge < -0.3 is 15.0 Å². The number of halogens is 3. The maximum atomic E-state index is 9.44. The lowest BCUT2D eigenvalue weighted by atomic mass is 10.6. The van der Waals surface area contributed by atoms with Crippen molar-refractivity contribution in [3.8, 4) is 0 Å². The smallest absolute Gasteiger partial charge is 0.240 e. The van der Waals surface area contributed by atoms with E-state index in [4.69, 9.17) is 45.0 Å². The highest BCUT2D eigenvalue weighted by molar-refractivity contribution is 6.67. The van der Waals surface area contributed by atoms with E-state index in [1.807, 2.05) is 0 Å². The van der Waals surface area contributed by atoms with E-state index in [0.29, 0.717) is 0 Å². The normalized spacial score (nSPS) is 10.5. The highest BCUT2D eigenvalue weighted by Crippen LogP contribution is 2.28. The van der Waals surface area contributed by atoms with Crippen LogP contribution in [0.3, 0.4) is 0 Å². The van der Waals surface area contributed by atoms with Gasteiger partial charge in [0.15, 0.2) is 6.29 Å². The van der Waals surface area contributed by atoms with Gasteiger partial charge in [0.2, 0.25) is 3.79 Å². The third-order valence-electron chi connectivity index (χ3n) is 0.293. The first kappa shape index (κ1) is 14.0. The second kappa shape index (κ2) is 6.03. The van der Waals surface area contributed by atoms with Crippen molar-refractivity contribution < 1.29 is 15.0 Å². The van der Waals surface area contributed by atoms with Crippen molar-refractivity contribution in [2.45, 2.75) is 23.9 Å². The van der Waals surface area contributed by atoms with Gasteiger partial charge >= 0.3 is 0 Å². The molecule has 0 amide bonds. The maximum absolute atomic E-state index is 9.44. The molecular weight excluding hydrogens is 214 g/mol. The molecule has 0 aliphatic rings. The van der Waals surface area contributed by atoms with Gasteiger partial charge in [-0.1, -0.05) is 34.8 Å². The molecule has 68 valence electrons. The van der Waals surface area contributed by atoms with Gasteiger partial charge in [-0.15, -0.1) is 0 Å². The summed E-state index contributed by atoms with van der Waals surface area (Å²) in [7, 11) is 0. The van der Waals surface area contributed by atoms with E-state index in [9.17, 15) is 4.79 Å². The number of carbonyl (C=O) groups excluding carboxylic acids is 1. The first-order chi connectivity index (χ1) is 4.68. The summed E-state index contributed by atoms with van der Waals surface area (Å²) in [5.41, 5.74) is 0. The zero-order chi connectivity index (χ0) is 9.65. The zero-order valence-electron chi connectivity index (χ0n) is 6.01. The molecular formula is C5H9Cl3O3. The van der Waals surface area contributed by atoms with Crippen LogP contribution in [-0.2, 0) is 4.79 Å². The van der Waals surface area contributed by atoms with Crippen LogP contribution in [-0.4, -0.2) is 26.1 Å². The Hall–Kier alpha value is 0.460. The SMILES string of the molecule is CC(C)=O.OC(O)C(Cl)(Cl)Cl. The molecule has 0 aliphatic heterocycles. The number of rotatable bonds is 0. The van der Waals surface area contributed by atoms with Crippen molar-refractivity contribution in [1.82, 2.24) is 0 Å². The molecule has 6 heteroatoms. The first-order valence-electron chi connectivity index (χ1n) is 2.58. The van der Waals surface area contributed by atoms with Crippen LogP contribution in [0.4, 0.5) is 0 Å². The van der Waals surface area contributed by atoms with Crippen molar-refractivity contribution in [2.75, 3.05) is 0 Å². The predicted molar refractivity (Wildman–Crippen MR) is 44.9 cm³/mol. The average molecular weight is 223 g/mol. The summed E-state index contributed by atoms with van der Waals surface area (Å²) in [6.07, 6.45) is -1.91. The largest absolute Gasteiger partial charge is 0.365 e. The average Bonchev–Trinajstić information content (AvgIpc) is 1.59. The van der Waals surface area contributed by atoms with Gasteiger partial charge in [0, 0.05) is 0 Å². The molecule has 0 aromatic carbocycles. The number of aliphatic hydroxyl groups excluding tert-OH is 1. The minimum absolute atomic E-state index is 0.167. The number of ketones is 1. The van der Waals surface area contributed by atoms with Crippen LogP contribution in [0.15, 0.2) is 0 Å².